The van der Waals surface area contributed by atoms with Crippen LogP contribution in [-0.2, 0) is 17.8 Å². The molecule has 0 spiro atoms. The maximum absolute atomic E-state index is 11.7. The lowest BCUT2D eigenvalue weighted by Crippen LogP contribution is -2.36. The topological polar surface area (TPSA) is 58.2 Å². The van der Waals surface area contributed by atoms with Crippen LogP contribution in [0, 0.1) is 0 Å². The van der Waals surface area contributed by atoms with Crippen LogP contribution in [0.4, 0.5) is 0 Å². The Kier molecular flexibility index (Phi) is 5.51. The van der Waals surface area contributed by atoms with Gasteiger partial charge < -0.3 is 10.6 Å². The Morgan fingerprint density at radius 2 is 1.76 bits per heavy atom. The number of hydrogen-bond donors (Lipinski definition) is 2. The number of nitrogens with one attached hydrogen (secondary N) is 2. The van der Waals surface area contributed by atoms with Crippen LogP contribution in [0.3, 0.4) is 0 Å². The monoisotopic (exact) mass is 302 g/mol. The van der Waals surface area contributed by atoms with Crippen molar-refractivity contribution in [2.75, 3.05) is 6.54 Å². The molecule has 0 saturated heterocycles. The third-order valence-corrected chi connectivity index (χ3v) is 3.94. The van der Waals surface area contributed by atoms with Crippen molar-refractivity contribution in [1.29, 1.82) is 0 Å². The van der Waals surface area contributed by atoms with E-state index in [-0.39, 0.29) is 18.4 Å². The zero-order valence-electron chi connectivity index (χ0n) is 11.9. The number of aryl methyl sites for hydroxylation is 1. The molecule has 2 aromatic rings. The van der Waals surface area contributed by atoms with Gasteiger partial charge in [0.25, 0.3) is 5.91 Å². The van der Waals surface area contributed by atoms with Gasteiger partial charge in [0.05, 0.1) is 11.4 Å². The fourth-order valence-electron chi connectivity index (χ4n) is 1.81. The molecule has 5 heteroatoms. The molecule has 0 fully saturated rings. The van der Waals surface area contributed by atoms with Gasteiger partial charge in [0.15, 0.2) is 0 Å². The maximum Gasteiger partial charge on any atom is 0.261 e. The second kappa shape index (κ2) is 7.59. The average molecular weight is 302 g/mol. The number of carbonyl (C=O) groups is 2. The van der Waals surface area contributed by atoms with Gasteiger partial charge in [-0.1, -0.05) is 37.3 Å². The fourth-order valence-corrected chi connectivity index (χ4v) is 2.45. The molecule has 1 aromatic carbocycles. The SMILES string of the molecule is CCc1ccc(CNC(=O)CNC(=O)c2cccs2)cc1. The van der Waals surface area contributed by atoms with E-state index in [0.29, 0.717) is 11.4 Å². The molecule has 0 aliphatic heterocycles. The standard InChI is InChI=1S/C16H18N2O2S/c1-2-12-5-7-13(8-6-12)10-17-15(19)11-18-16(20)14-4-3-9-21-14/h3-9H,2,10-11H2,1H3,(H,17,19)(H,18,20). The second-order valence-electron chi connectivity index (χ2n) is 4.61. The minimum absolute atomic E-state index is 0.0101. The van der Waals surface area contributed by atoms with Crippen molar-refractivity contribution in [3.63, 3.8) is 0 Å². The molecule has 1 aromatic heterocycles. The van der Waals surface area contributed by atoms with Crippen LogP contribution in [0.2, 0.25) is 0 Å². The van der Waals surface area contributed by atoms with E-state index in [9.17, 15) is 9.59 Å². The van der Waals surface area contributed by atoms with E-state index in [1.807, 2.05) is 17.5 Å². The average Bonchev–Trinajstić information content (AvgIpc) is 3.05. The van der Waals surface area contributed by atoms with Crippen molar-refractivity contribution < 1.29 is 9.59 Å². The molecule has 2 amide bonds. The van der Waals surface area contributed by atoms with Gasteiger partial charge in [0.1, 0.15) is 0 Å². The van der Waals surface area contributed by atoms with Crippen molar-refractivity contribution in [1.82, 2.24) is 10.6 Å². The summed E-state index contributed by atoms with van der Waals surface area (Å²) in [7, 11) is 0. The summed E-state index contributed by atoms with van der Waals surface area (Å²) < 4.78 is 0. The predicted octanol–water partition coefficient (Wildman–Crippen LogP) is 2.36. The van der Waals surface area contributed by atoms with Gasteiger partial charge in [0.2, 0.25) is 5.91 Å². The Hall–Kier alpha value is -2.14. The van der Waals surface area contributed by atoms with E-state index in [0.717, 1.165) is 12.0 Å². The molecule has 0 radical (unpaired) electrons. The van der Waals surface area contributed by atoms with Gasteiger partial charge in [-0.25, -0.2) is 0 Å². The Labute approximate surface area is 128 Å². The zero-order valence-corrected chi connectivity index (χ0v) is 12.7. The minimum atomic E-state index is -0.215. The quantitative estimate of drug-likeness (QED) is 0.860. The van der Waals surface area contributed by atoms with E-state index in [1.54, 1.807) is 12.1 Å². The van der Waals surface area contributed by atoms with Gasteiger partial charge in [-0.05, 0) is 29.0 Å². The van der Waals surface area contributed by atoms with Crippen LogP contribution in [0.5, 0.6) is 0 Å². The fraction of sp³-hybridized carbons (Fsp3) is 0.250. The third-order valence-electron chi connectivity index (χ3n) is 3.08. The van der Waals surface area contributed by atoms with Gasteiger partial charge >= 0.3 is 0 Å². The van der Waals surface area contributed by atoms with Gasteiger partial charge in [-0.3, -0.25) is 9.59 Å². The molecule has 0 atom stereocenters. The number of carbonyl (C=O) groups excluding carboxylic acids is 2. The first-order chi connectivity index (χ1) is 10.2. The Balaban J connectivity index is 1.73. The summed E-state index contributed by atoms with van der Waals surface area (Å²) in [5.74, 6) is -0.410. The van der Waals surface area contributed by atoms with Gasteiger partial charge in [-0.2, -0.15) is 0 Å². The first kappa shape index (κ1) is 15.3. The molecule has 2 N–H and O–H groups in total. The number of benzene rings is 1. The smallest absolute Gasteiger partial charge is 0.261 e. The van der Waals surface area contributed by atoms with Crippen LogP contribution in [-0.4, -0.2) is 18.4 Å². The molecular formula is C16H18N2O2S. The summed E-state index contributed by atoms with van der Waals surface area (Å²) in [6, 6.07) is 11.7. The van der Waals surface area contributed by atoms with Crippen molar-refractivity contribution in [3.8, 4) is 0 Å². The van der Waals surface area contributed by atoms with Gasteiger partial charge in [-0.15, -0.1) is 11.3 Å². The summed E-state index contributed by atoms with van der Waals surface area (Å²) in [6.07, 6.45) is 1.00. The highest BCUT2D eigenvalue weighted by Gasteiger charge is 2.08. The van der Waals surface area contributed by atoms with Crippen molar-refractivity contribution in [2.24, 2.45) is 0 Å². The highest BCUT2D eigenvalue weighted by molar-refractivity contribution is 7.12. The van der Waals surface area contributed by atoms with E-state index in [4.69, 9.17) is 0 Å². The lowest BCUT2D eigenvalue weighted by molar-refractivity contribution is -0.120. The minimum Gasteiger partial charge on any atom is -0.350 e. The Morgan fingerprint density at radius 1 is 1.05 bits per heavy atom. The Morgan fingerprint density at radius 3 is 2.38 bits per heavy atom. The summed E-state index contributed by atoms with van der Waals surface area (Å²) in [4.78, 5) is 24.0. The molecule has 110 valence electrons. The third kappa shape index (κ3) is 4.72. The summed E-state index contributed by atoms with van der Waals surface area (Å²) in [5.41, 5.74) is 2.32. The molecule has 4 nitrogen and oxygen atoms in total. The van der Waals surface area contributed by atoms with E-state index < -0.39 is 0 Å². The molecule has 1 heterocycles. The zero-order chi connectivity index (χ0) is 15.1. The maximum atomic E-state index is 11.7. The van der Waals surface area contributed by atoms with Crippen LogP contribution in [0.15, 0.2) is 41.8 Å². The summed E-state index contributed by atoms with van der Waals surface area (Å²) in [5, 5.41) is 7.21. The van der Waals surface area contributed by atoms with Gasteiger partial charge in [0, 0.05) is 6.54 Å². The molecule has 0 aliphatic rings. The molecule has 21 heavy (non-hydrogen) atoms. The highest BCUT2D eigenvalue weighted by Crippen LogP contribution is 2.07. The second-order valence-corrected chi connectivity index (χ2v) is 5.55. The summed E-state index contributed by atoms with van der Waals surface area (Å²) in [6.45, 7) is 2.56. The molecule has 0 saturated carbocycles. The molecule has 0 unspecified atom stereocenters. The summed E-state index contributed by atoms with van der Waals surface area (Å²) >= 11 is 1.35. The van der Waals surface area contributed by atoms with Crippen molar-refractivity contribution in [2.45, 2.75) is 19.9 Å². The van der Waals surface area contributed by atoms with Crippen LogP contribution in [0.1, 0.15) is 27.7 Å². The number of thiophene rings is 1. The normalized spacial score (nSPS) is 10.1. The van der Waals surface area contributed by atoms with Crippen LogP contribution < -0.4 is 10.6 Å². The molecule has 2 rings (SSSR count). The van der Waals surface area contributed by atoms with Crippen LogP contribution in [0.25, 0.3) is 0 Å². The first-order valence-electron chi connectivity index (χ1n) is 6.85. The largest absolute Gasteiger partial charge is 0.350 e. The van der Waals surface area contributed by atoms with Crippen molar-refractivity contribution in [3.05, 3.63) is 57.8 Å². The van der Waals surface area contributed by atoms with E-state index in [1.165, 1.54) is 16.9 Å². The van der Waals surface area contributed by atoms with Crippen molar-refractivity contribution >= 4 is 23.2 Å². The first-order valence-corrected chi connectivity index (χ1v) is 7.73. The predicted molar refractivity (Wildman–Crippen MR) is 84.3 cm³/mol. The Bertz CT molecular complexity index is 591. The lowest BCUT2D eigenvalue weighted by atomic mass is 10.1. The van der Waals surface area contributed by atoms with E-state index >= 15 is 0 Å². The highest BCUT2D eigenvalue weighted by atomic mass is 32.1. The number of amides is 2. The van der Waals surface area contributed by atoms with Crippen LogP contribution >= 0.6 is 11.3 Å². The number of rotatable bonds is 6. The lowest BCUT2D eigenvalue weighted by Gasteiger charge is -2.07. The molecule has 0 bridgehead atoms. The molecule has 0 aliphatic carbocycles. The van der Waals surface area contributed by atoms with E-state index in [2.05, 4.69) is 29.7 Å². The number of hydrogen-bond acceptors (Lipinski definition) is 3. The molecular weight excluding hydrogens is 284 g/mol.